The molecule has 1 aliphatic heterocycles. The average molecular weight is 315 g/mol. The highest BCUT2D eigenvalue weighted by Gasteiger charge is 2.32. The summed E-state index contributed by atoms with van der Waals surface area (Å²) in [6, 6.07) is 4.18. The van der Waals surface area contributed by atoms with Crippen molar-refractivity contribution >= 4 is 15.8 Å². The van der Waals surface area contributed by atoms with Crippen molar-refractivity contribution in [3.05, 3.63) is 35.1 Å². The first-order valence-corrected chi connectivity index (χ1v) is 8.50. The lowest BCUT2D eigenvalue weighted by Crippen LogP contribution is -2.48. The predicted molar refractivity (Wildman–Crippen MR) is 76.2 cm³/mol. The number of nitrogens with zero attached hydrogens (tertiary/aromatic N) is 1. The minimum Gasteiger partial charge on any atom is -0.481 e. The number of carboxylic acids is 1. The molecule has 0 radical (unpaired) electrons. The predicted octanol–water partition coefficient (Wildman–Crippen LogP) is 1.21. The van der Waals surface area contributed by atoms with E-state index in [0.29, 0.717) is 18.7 Å². The number of aryl methyl sites for hydroxylation is 1. The lowest BCUT2D eigenvalue weighted by molar-refractivity contribution is -0.138. The van der Waals surface area contributed by atoms with Crippen LogP contribution in [-0.4, -0.2) is 48.5 Å². The van der Waals surface area contributed by atoms with E-state index < -0.39 is 21.8 Å². The van der Waals surface area contributed by atoms with Crippen molar-refractivity contribution in [2.75, 3.05) is 18.1 Å². The molecule has 0 bridgehead atoms. The minimum absolute atomic E-state index is 0.0310. The van der Waals surface area contributed by atoms with Crippen molar-refractivity contribution in [1.82, 2.24) is 4.90 Å². The Morgan fingerprint density at radius 2 is 2.19 bits per heavy atom. The van der Waals surface area contributed by atoms with Crippen LogP contribution in [0.15, 0.2) is 18.2 Å². The quantitative estimate of drug-likeness (QED) is 0.904. The van der Waals surface area contributed by atoms with Gasteiger partial charge in [0.2, 0.25) is 0 Å². The maximum Gasteiger partial charge on any atom is 0.304 e. The third kappa shape index (κ3) is 4.25. The molecule has 1 N–H and O–H groups in total. The smallest absolute Gasteiger partial charge is 0.304 e. The third-order valence-corrected chi connectivity index (χ3v) is 5.37. The maximum atomic E-state index is 13.3. The van der Waals surface area contributed by atoms with Crippen molar-refractivity contribution in [1.29, 1.82) is 0 Å². The summed E-state index contributed by atoms with van der Waals surface area (Å²) in [5.74, 6) is -1.41. The van der Waals surface area contributed by atoms with Crippen molar-refractivity contribution in [3.8, 4) is 0 Å². The van der Waals surface area contributed by atoms with Crippen LogP contribution in [0.2, 0.25) is 0 Å². The van der Waals surface area contributed by atoms with Crippen LogP contribution in [0, 0.1) is 12.7 Å². The molecule has 1 fully saturated rings. The molecule has 1 unspecified atom stereocenters. The maximum absolute atomic E-state index is 13.3. The van der Waals surface area contributed by atoms with Gasteiger partial charge in [-0.2, -0.15) is 0 Å². The van der Waals surface area contributed by atoms with Gasteiger partial charge >= 0.3 is 5.97 Å². The molecule has 2 rings (SSSR count). The highest BCUT2D eigenvalue weighted by atomic mass is 32.2. The summed E-state index contributed by atoms with van der Waals surface area (Å²) in [5.41, 5.74) is 1.37. The van der Waals surface area contributed by atoms with Gasteiger partial charge in [0.25, 0.3) is 0 Å². The molecule has 0 aromatic heterocycles. The van der Waals surface area contributed by atoms with E-state index in [4.69, 9.17) is 5.11 Å². The number of aliphatic carboxylic acids is 1. The zero-order valence-electron chi connectivity index (χ0n) is 11.8. The minimum atomic E-state index is -3.18. The molecule has 5 nitrogen and oxygen atoms in total. The van der Waals surface area contributed by atoms with Gasteiger partial charge in [-0.25, -0.2) is 12.8 Å². The number of hydrogen-bond donors (Lipinski definition) is 1. The Hall–Kier alpha value is -1.47. The lowest BCUT2D eigenvalue weighted by Gasteiger charge is -2.34. The zero-order chi connectivity index (χ0) is 15.6. The van der Waals surface area contributed by atoms with Gasteiger partial charge < -0.3 is 5.11 Å². The highest BCUT2D eigenvalue weighted by Crippen LogP contribution is 2.19. The second kappa shape index (κ2) is 6.11. The summed E-state index contributed by atoms with van der Waals surface area (Å²) in [4.78, 5) is 12.8. The SMILES string of the molecule is Cc1cc(CN2CCS(=O)(=O)CC2CC(=O)O)ccc1F. The van der Waals surface area contributed by atoms with E-state index in [0.717, 1.165) is 5.56 Å². The lowest BCUT2D eigenvalue weighted by atomic mass is 10.1. The topological polar surface area (TPSA) is 74.7 Å². The van der Waals surface area contributed by atoms with E-state index in [9.17, 15) is 17.6 Å². The fraction of sp³-hybridized carbons (Fsp3) is 0.500. The monoisotopic (exact) mass is 315 g/mol. The molecule has 1 atom stereocenters. The van der Waals surface area contributed by atoms with Gasteiger partial charge in [-0.05, 0) is 24.1 Å². The Kier molecular flexibility index (Phi) is 4.63. The van der Waals surface area contributed by atoms with Crippen LogP contribution in [-0.2, 0) is 21.2 Å². The molecular weight excluding hydrogens is 297 g/mol. The average Bonchev–Trinajstić information content (AvgIpc) is 2.36. The van der Waals surface area contributed by atoms with E-state index in [1.54, 1.807) is 19.1 Å². The van der Waals surface area contributed by atoms with E-state index >= 15 is 0 Å². The van der Waals surface area contributed by atoms with Crippen molar-refractivity contribution < 1.29 is 22.7 Å². The fourth-order valence-electron chi connectivity index (χ4n) is 2.56. The molecule has 1 aliphatic rings. The molecule has 21 heavy (non-hydrogen) atoms. The first-order valence-electron chi connectivity index (χ1n) is 6.68. The number of carboxylic acid groups (broad SMARTS) is 1. The summed E-state index contributed by atoms with van der Waals surface area (Å²) in [5, 5.41) is 8.93. The van der Waals surface area contributed by atoms with Gasteiger partial charge in [-0.15, -0.1) is 0 Å². The van der Waals surface area contributed by atoms with Crippen molar-refractivity contribution in [3.63, 3.8) is 0 Å². The zero-order valence-corrected chi connectivity index (χ0v) is 12.6. The Morgan fingerprint density at radius 1 is 1.48 bits per heavy atom. The summed E-state index contributed by atoms with van der Waals surface area (Å²) in [6.45, 7) is 2.39. The van der Waals surface area contributed by atoms with Gasteiger partial charge in [-0.3, -0.25) is 9.69 Å². The molecular formula is C14H18FNO4S. The molecule has 1 aromatic rings. The van der Waals surface area contributed by atoms with Gasteiger partial charge in [0.15, 0.2) is 9.84 Å². The largest absolute Gasteiger partial charge is 0.481 e. The molecule has 1 aromatic carbocycles. The second-order valence-corrected chi connectivity index (χ2v) is 7.65. The van der Waals surface area contributed by atoms with Crippen LogP contribution in [0.25, 0.3) is 0 Å². The molecule has 0 spiro atoms. The van der Waals surface area contributed by atoms with Crippen LogP contribution in [0.5, 0.6) is 0 Å². The van der Waals surface area contributed by atoms with E-state index in [-0.39, 0.29) is 23.7 Å². The number of benzene rings is 1. The number of halogens is 1. The Morgan fingerprint density at radius 3 is 2.81 bits per heavy atom. The van der Waals surface area contributed by atoms with E-state index in [1.807, 2.05) is 4.90 Å². The molecule has 0 aliphatic carbocycles. The Labute approximate surface area is 123 Å². The van der Waals surface area contributed by atoms with Crippen molar-refractivity contribution in [2.45, 2.75) is 25.9 Å². The number of carbonyl (C=O) groups is 1. The first kappa shape index (κ1) is 15.9. The molecule has 0 saturated carbocycles. The number of rotatable bonds is 4. The Bertz CT molecular complexity index is 644. The van der Waals surface area contributed by atoms with Crippen LogP contribution in [0.3, 0.4) is 0 Å². The third-order valence-electron chi connectivity index (χ3n) is 3.67. The van der Waals surface area contributed by atoms with Crippen LogP contribution in [0.4, 0.5) is 4.39 Å². The van der Waals surface area contributed by atoms with Gasteiger partial charge in [0.05, 0.1) is 17.9 Å². The summed E-state index contributed by atoms with van der Waals surface area (Å²) in [7, 11) is -3.18. The molecule has 7 heteroatoms. The summed E-state index contributed by atoms with van der Waals surface area (Å²) in [6.07, 6.45) is -0.209. The van der Waals surface area contributed by atoms with Crippen LogP contribution >= 0.6 is 0 Å². The summed E-state index contributed by atoms with van der Waals surface area (Å²) >= 11 is 0. The number of sulfone groups is 1. The molecule has 1 saturated heterocycles. The standard InChI is InChI=1S/C14H18FNO4S/c1-10-6-11(2-3-13(10)15)8-16-4-5-21(19,20)9-12(16)7-14(17)18/h2-3,6,12H,4-5,7-9H2,1H3,(H,17,18). The van der Waals surface area contributed by atoms with E-state index in [2.05, 4.69) is 0 Å². The van der Waals surface area contributed by atoms with E-state index in [1.165, 1.54) is 6.07 Å². The summed E-state index contributed by atoms with van der Waals surface area (Å²) < 4.78 is 36.6. The normalized spacial score (nSPS) is 22.1. The van der Waals surface area contributed by atoms with Gasteiger partial charge in [0.1, 0.15) is 5.82 Å². The highest BCUT2D eigenvalue weighted by molar-refractivity contribution is 7.91. The van der Waals surface area contributed by atoms with Gasteiger partial charge in [-0.1, -0.05) is 12.1 Å². The molecule has 116 valence electrons. The van der Waals surface area contributed by atoms with Gasteiger partial charge in [0, 0.05) is 19.1 Å². The number of hydrogen-bond acceptors (Lipinski definition) is 4. The van der Waals surface area contributed by atoms with Crippen molar-refractivity contribution in [2.24, 2.45) is 0 Å². The Balaban J connectivity index is 2.15. The second-order valence-electron chi connectivity index (χ2n) is 5.42. The molecule has 1 heterocycles. The van der Waals surface area contributed by atoms with Crippen LogP contribution < -0.4 is 0 Å². The fourth-order valence-corrected chi connectivity index (χ4v) is 4.15. The van der Waals surface area contributed by atoms with Crippen LogP contribution in [0.1, 0.15) is 17.5 Å². The first-order chi connectivity index (χ1) is 9.77. The molecule has 0 amide bonds.